The Morgan fingerprint density at radius 2 is 1.84 bits per heavy atom. The Balaban J connectivity index is 1.78. The van der Waals surface area contributed by atoms with Crippen molar-refractivity contribution in [3.05, 3.63) is 82.3 Å². The molecule has 0 N–H and O–H groups in total. The van der Waals surface area contributed by atoms with Crippen LogP contribution < -0.4 is 4.74 Å². The number of amides is 1. The van der Waals surface area contributed by atoms with Crippen LogP contribution in [0.4, 0.5) is 0 Å². The third kappa shape index (κ3) is 4.67. The maximum absolute atomic E-state index is 13.0. The van der Waals surface area contributed by atoms with Gasteiger partial charge in [0.2, 0.25) is 5.91 Å². The summed E-state index contributed by atoms with van der Waals surface area (Å²) in [5, 5.41) is 2.87. The van der Waals surface area contributed by atoms with Crippen LogP contribution in [0.5, 0.6) is 5.75 Å². The van der Waals surface area contributed by atoms with Gasteiger partial charge in [-0.15, -0.1) is 11.3 Å². The molecule has 128 valence electrons. The van der Waals surface area contributed by atoms with Gasteiger partial charge in [0, 0.05) is 23.7 Å². The Bertz CT molecular complexity index is 804. The van der Waals surface area contributed by atoms with Crippen molar-refractivity contribution in [3.8, 4) is 5.75 Å². The molecule has 0 aliphatic heterocycles. The molecule has 3 rings (SSSR count). The zero-order chi connectivity index (χ0) is 17.5. The Labute approximate surface area is 151 Å². The summed E-state index contributed by atoms with van der Waals surface area (Å²) in [6, 6.07) is 17.7. The van der Waals surface area contributed by atoms with E-state index in [4.69, 9.17) is 4.74 Å². The molecule has 0 unspecified atom stereocenters. The van der Waals surface area contributed by atoms with E-state index in [-0.39, 0.29) is 5.91 Å². The Hall–Kier alpha value is -2.66. The van der Waals surface area contributed by atoms with E-state index < -0.39 is 0 Å². The van der Waals surface area contributed by atoms with E-state index in [9.17, 15) is 4.79 Å². The highest BCUT2D eigenvalue weighted by Gasteiger charge is 2.18. The molecule has 25 heavy (non-hydrogen) atoms. The van der Waals surface area contributed by atoms with Gasteiger partial charge in [0.1, 0.15) is 10.8 Å². The molecule has 0 radical (unpaired) electrons. The number of methoxy groups -OCH3 is 1. The number of hydrogen-bond donors (Lipinski definition) is 0. The summed E-state index contributed by atoms with van der Waals surface area (Å²) >= 11 is 1.56. The van der Waals surface area contributed by atoms with Crippen LogP contribution in [0.2, 0.25) is 0 Å². The van der Waals surface area contributed by atoms with Crippen molar-refractivity contribution >= 4 is 17.2 Å². The number of carbonyl (C=O) groups is 1. The van der Waals surface area contributed by atoms with Crippen molar-refractivity contribution in [2.24, 2.45) is 0 Å². The molecule has 0 saturated carbocycles. The summed E-state index contributed by atoms with van der Waals surface area (Å²) < 4.78 is 5.37. The first-order valence-electron chi connectivity index (χ1n) is 8.08. The topological polar surface area (TPSA) is 42.4 Å². The first-order valence-corrected chi connectivity index (χ1v) is 8.96. The molecular formula is C20H20N2O2S. The minimum Gasteiger partial charge on any atom is -0.496 e. The average molecular weight is 352 g/mol. The molecule has 0 aliphatic carbocycles. The fourth-order valence-electron chi connectivity index (χ4n) is 2.65. The van der Waals surface area contributed by atoms with Gasteiger partial charge in [0.25, 0.3) is 0 Å². The number of benzene rings is 2. The second kappa shape index (κ2) is 8.44. The standard InChI is InChI=1S/C20H20N2O2S/c1-24-18-10-6-5-9-17(18)13-20(23)22(15-19-21-11-12-25-19)14-16-7-3-2-4-8-16/h2-12H,13-15H2,1H3. The molecule has 0 saturated heterocycles. The van der Waals surface area contributed by atoms with Gasteiger partial charge in [0.15, 0.2) is 0 Å². The quantitative estimate of drug-likeness (QED) is 0.647. The van der Waals surface area contributed by atoms with E-state index in [0.29, 0.717) is 19.5 Å². The summed E-state index contributed by atoms with van der Waals surface area (Å²) in [6.45, 7) is 1.08. The zero-order valence-electron chi connectivity index (χ0n) is 14.1. The summed E-state index contributed by atoms with van der Waals surface area (Å²) in [5.74, 6) is 0.799. The van der Waals surface area contributed by atoms with E-state index in [2.05, 4.69) is 4.98 Å². The van der Waals surface area contributed by atoms with Crippen molar-refractivity contribution in [2.75, 3.05) is 7.11 Å². The van der Waals surface area contributed by atoms with Crippen LogP contribution >= 0.6 is 11.3 Å². The number of para-hydroxylation sites is 1. The molecule has 5 heteroatoms. The molecule has 1 aromatic heterocycles. The molecule has 1 heterocycles. The van der Waals surface area contributed by atoms with Gasteiger partial charge in [-0.3, -0.25) is 4.79 Å². The van der Waals surface area contributed by atoms with E-state index >= 15 is 0 Å². The lowest BCUT2D eigenvalue weighted by molar-refractivity contribution is -0.131. The summed E-state index contributed by atoms with van der Waals surface area (Å²) in [5.41, 5.74) is 2.00. The number of rotatable bonds is 7. The van der Waals surface area contributed by atoms with Gasteiger partial charge in [0.05, 0.1) is 20.1 Å². The Kier molecular flexibility index (Phi) is 5.80. The van der Waals surface area contributed by atoms with Crippen LogP contribution in [0.25, 0.3) is 0 Å². The van der Waals surface area contributed by atoms with Gasteiger partial charge in [-0.25, -0.2) is 4.98 Å². The van der Waals surface area contributed by atoms with Gasteiger partial charge in [-0.2, -0.15) is 0 Å². The van der Waals surface area contributed by atoms with Crippen LogP contribution in [-0.2, 0) is 24.3 Å². The van der Waals surface area contributed by atoms with Gasteiger partial charge in [-0.05, 0) is 11.6 Å². The molecular weight excluding hydrogens is 332 g/mol. The van der Waals surface area contributed by atoms with Crippen molar-refractivity contribution in [1.29, 1.82) is 0 Å². The van der Waals surface area contributed by atoms with Gasteiger partial charge >= 0.3 is 0 Å². The monoisotopic (exact) mass is 352 g/mol. The highest BCUT2D eigenvalue weighted by Crippen LogP contribution is 2.20. The second-order valence-corrected chi connectivity index (χ2v) is 6.63. The molecule has 0 bridgehead atoms. The fraction of sp³-hybridized carbons (Fsp3) is 0.200. The van der Waals surface area contributed by atoms with Crippen molar-refractivity contribution in [1.82, 2.24) is 9.88 Å². The van der Waals surface area contributed by atoms with Crippen molar-refractivity contribution < 1.29 is 9.53 Å². The SMILES string of the molecule is COc1ccccc1CC(=O)N(Cc1ccccc1)Cc1nccs1. The third-order valence-electron chi connectivity index (χ3n) is 3.91. The van der Waals surface area contributed by atoms with Crippen LogP contribution in [-0.4, -0.2) is 22.9 Å². The lowest BCUT2D eigenvalue weighted by Gasteiger charge is -2.22. The molecule has 0 aliphatic rings. The number of thiazole rings is 1. The van der Waals surface area contributed by atoms with Crippen LogP contribution in [0, 0.1) is 0 Å². The van der Waals surface area contributed by atoms with E-state index in [1.54, 1.807) is 24.6 Å². The Morgan fingerprint density at radius 3 is 2.56 bits per heavy atom. The molecule has 1 amide bonds. The summed E-state index contributed by atoms with van der Waals surface area (Å²) in [7, 11) is 1.63. The average Bonchev–Trinajstić information content (AvgIpc) is 3.15. The molecule has 2 aromatic carbocycles. The number of nitrogens with zero attached hydrogens (tertiary/aromatic N) is 2. The van der Waals surface area contributed by atoms with Crippen molar-refractivity contribution in [3.63, 3.8) is 0 Å². The summed E-state index contributed by atoms with van der Waals surface area (Å²) in [4.78, 5) is 19.1. The van der Waals surface area contributed by atoms with Gasteiger partial charge in [-0.1, -0.05) is 48.5 Å². The Morgan fingerprint density at radius 1 is 1.08 bits per heavy atom. The first kappa shape index (κ1) is 17.2. The number of carbonyl (C=O) groups excluding carboxylic acids is 1. The van der Waals surface area contributed by atoms with E-state index in [1.165, 1.54) is 0 Å². The lowest BCUT2D eigenvalue weighted by atomic mass is 10.1. The van der Waals surface area contributed by atoms with E-state index in [1.807, 2.05) is 64.9 Å². The fourth-order valence-corrected chi connectivity index (χ4v) is 3.29. The highest BCUT2D eigenvalue weighted by molar-refractivity contribution is 7.09. The molecule has 0 spiro atoms. The molecule has 0 atom stereocenters. The lowest BCUT2D eigenvalue weighted by Crippen LogP contribution is -2.31. The van der Waals surface area contributed by atoms with Crippen LogP contribution in [0.3, 0.4) is 0 Å². The predicted octanol–water partition coefficient (Wildman–Crippen LogP) is 3.92. The minimum absolute atomic E-state index is 0.0588. The molecule has 4 nitrogen and oxygen atoms in total. The zero-order valence-corrected chi connectivity index (χ0v) is 14.9. The number of aromatic nitrogens is 1. The number of ether oxygens (including phenoxy) is 1. The number of hydrogen-bond acceptors (Lipinski definition) is 4. The van der Waals surface area contributed by atoms with Crippen molar-refractivity contribution in [2.45, 2.75) is 19.5 Å². The molecule has 0 fully saturated rings. The van der Waals surface area contributed by atoms with Crippen LogP contribution in [0.15, 0.2) is 66.2 Å². The third-order valence-corrected chi connectivity index (χ3v) is 4.68. The smallest absolute Gasteiger partial charge is 0.227 e. The molecule has 3 aromatic rings. The minimum atomic E-state index is 0.0588. The van der Waals surface area contributed by atoms with Gasteiger partial charge < -0.3 is 9.64 Å². The largest absolute Gasteiger partial charge is 0.496 e. The van der Waals surface area contributed by atoms with E-state index in [0.717, 1.165) is 21.9 Å². The highest BCUT2D eigenvalue weighted by atomic mass is 32.1. The maximum Gasteiger partial charge on any atom is 0.227 e. The van der Waals surface area contributed by atoms with Crippen LogP contribution in [0.1, 0.15) is 16.1 Å². The first-order chi connectivity index (χ1) is 12.3. The predicted molar refractivity (Wildman–Crippen MR) is 99.5 cm³/mol. The maximum atomic E-state index is 13.0. The second-order valence-electron chi connectivity index (χ2n) is 5.65. The summed E-state index contributed by atoms with van der Waals surface area (Å²) in [6.07, 6.45) is 2.08. The normalized spacial score (nSPS) is 10.4.